The number of hydrogen-bond donors (Lipinski definition) is 1. The smallest absolute Gasteiger partial charge is 0.416 e. The summed E-state index contributed by atoms with van der Waals surface area (Å²) in [4.78, 5) is 28.6. The zero-order chi connectivity index (χ0) is 24.8. The number of hydrogen-bond acceptors (Lipinski definition) is 3. The first-order chi connectivity index (χ1) is 16.8. The van der Waals surface area contributed by atoms with Crippen molar-refractivity contribution >= 4 is 23.3 Å². The Labute approximate surface area is 200 Å². The number of nitrogens with one attached hydrogen (secondary N) is 1. The largest absolute Gasteiger partial charge is 0.484 e. The van der Waals surface area contributed by atoms with Gasteiger partial charge in [0.25, 0.3) is 5.91 Å². The van der Waals surface area contributed by atoms with E-state index in [9.17, 15) is 22.8 Å². The molecule has 0 bridgehead atoms. The number of para-hydroxylation sites is 1. The Morgan fingerprint density at radius 3 is 2.40 bits per heavy atom. The predicted molar refractivity (Wildman–Crippen MR) is 126 cm³/mol. The number of nitrogens with zero attached hydrogens (tertiary/aromatic N) is 2. The molecule has 3 aromatic rings. The van der Waals surface area contributed by atoms with E-state index in [0.717, 1.165) is 12.1 Å². The summed E-state index contributed by atoms with van der Waals surface area (Å²) in [7, 11) is 0. The van der Waals surface area contributed by atoms with E-state index in [1.165, 1.54) is 12.1 Å². The Balaban J connectivity index is 1.38. The first-order valence-corrected chi connectivity index (χ1v) is 11.1. The summed E-state index contributed by atoms with van der Waals surface area (Å²) in [6.45, 7) is 1.05. The van der Waals surface area contributed by atoms with Gasteiger partial charge in [-0.25, -0.2) is 4.79 Å². The van der Waals surface area contributed by atoms with Gasteiger partial charge in [-0.3, -0.25) is 9.69 Å². The van der Waals surface area contributed by atoms with E-state index in [-0.39, 0.29) is 25.1 Å². The van der Waals surface area contributed by atoms with Crippen LogP contribution in [0.3, 0.4) is 0 Å². The van der Waals surface area contributed by atoms with Crippen LogP contribution < -0.4 is 15.0 Å². The summed E-state index contributed by atoms with van der Waals surface area (Å²) < 4.78 is 43.9. The molecule has 182 valence electrons. The normalized spacial score (nSPS) is 14.1. The van der Waals surface area contributed by atoms with Gasteiger partial charge in [0.2, 0.25) is 0 Å². The molecule has 0 aromatic heterocycles. The maximum Gasteiger partial charge on any atom is 0.416 e. The van der Waals surface area contributed by atoms with Crippen LogP contribution in [0.4, 0.5) is 29.3 Å². The van der Waals surface area contributed by atoms with Crippen LogP contribution >= 0.6 is 0 Å². The molecule has 4 rings (SSSR count). The molecule has 0 atom stereocenters. The van der Waals surface area contributed by atoms with Crippen molar-refractivity contribution in [1.82, 2.24) is 4.90 Å². The Morgan fingerprint density at radius 2 is 1.69 bits per heavy atom. The highest BCUT2D eigenvalue weighted by molar-refractivity contribution is 5.95. The molecule has 1 aliphatic rings. The fraction of sp³-hybridized carbons (Fsp3) is 0.231. The SMILES string of the molecule is O=C(COc1ccccc1)Nc1cccc(N2CCCN(Cc3ccc(C(F)(F)F)cc3)C2=O)c1. The van der Waals surface area contributed by atoms with E-state index in [1.807, 2.05) is 18.2 Å². The van der Waals surface area contributed by atoms with Crippen molar-refractivity contribution in [3.05, 3.63) is 90.0 Å². The van der Waals surface area contributed by atoms with Crippen LogP contribution in [-0.4, -0.2) is 36.5 Å². The van der Waals surface area contributed by atoms with Gasteiger partial charge < -0.3 is 15.0 Å². The van der Waals surface area contributed by atoms with Crippen molar-refractivity contribution in [3.63, 3.8) is 0 Å². The van der Waals surface area contributed by atoms with E-state index in [0.29, 0.717) is 42.2 Å². The highest BCUT2D eigenvalue weighted by Gasteiger charge is 2.31. The predicted octanol–water partition coefficient (Wildman–Crippen LogP) is 5.56. The van der Waals surface area contributed by atoms with Gasteiger partial charge in [-0.15, -0.1) is 0 Å². The molecule has 0 aliphatic carbocycles. The van der Waals surface area contributed by atoms with Crippen LogP contribution in [0.15, 0.2) is 78.9 Å². The van der Waals surface area contributed by atoms with Crippen LogP contribution in [-0.2, 0) is 17.5 Å². The second-order valence-corrected chi connectivity index (χ2v) is 8.10. The van der Waals surface area contributed by atoms with Gasteiger partial charge in [-0.1, -0.05) is 36.4 Å². The van der Waals surface area contributed by atoms with Gasteiger partial charge in [0.15, 0.2) is 6.61 Å². The Bertz CT molecular complexity index is 1170. The minimum Gasteiger partial charge on any atom is -0.484 e. The number of rotatable bonds is 7. The monoisotopic (exact) mass is 483 g/mol. The zero-order valence-corrected chi connectivity index (χ0v) is 18.8. The van der Waals surface area contributed by atoms with E-state index in [2.05, 4.69) is 5.32 Å². The van der Waals surface area contributed by atoms with Crippen molar-refractivity contribution in [2.75, 3.05) is 29.9 Å². The number of ether oxygens (including phenoxy) is 1. The summed E-state index contributed by atoms with van der Waals surface area (Å²) in [5, 5.41) is 2.77. The topological polar surface area (TPSA) is 61.9 Å². The average molecular weight is 483 g/mol. The molecule has 0 unspecified atom stereocenters. The second-order valence-electron chi connectivity index (χ2n) is 8.10. The average Bonchev–Trinajstić information content (AvgIpc) is 2.85. The van der Waals surface area contributed by atoms with Crippen LogP contribution in [0.2, 0.25) is 0 Å². The lowest BCUT2D eigenvalue weighted by Gasteiger charge is -2.36. The first kappa shape index (κ1) is 24.1. The Hall–Kier alpha value is -4.01. The summed E-state index contributed by atoms with van der Waals surface area (Å²) in [6.07, 6.45) is -3.70. The number of amides is 3. The number of carbonyl (C=O) groups is 2. The molecule has 9 heteroatoms. The first-order valence-electron chi connectivity index (χ1n) is 11.1. The molecule has 1 saturated heterocycles. The van der Waals surface area contributed by atoms with Crippen molar-refractivity contribution in [3.8, 4) is 5.75 Å². The van der Waals surface area contributed by atoms with Crippen LogP contribution in [0.25, 0.3) is 0 Å². The number of carbonyl (C=O) groups excluding carboxylic acids is 2. The standard InChI is InChI=1S/C26H24F3N3O3/c27-26(28,29)20-12-10-19(11-13-20)17-31-14-5-15-32(25(31)34)22-7-4-6-21(16-22)30-24(33)18-35-23-8-2-1-3-9-23/h1-4,6-13,16H,5,14-15,17-18H2,(H,30,33). The molecule has 1 N–H and O–H groups in total. The molecule has 3 amide bonds. The second kappa shape index (κ2) is 10.5. The minimum absolute atomic E-state index is 0.155. The van der Waals surface area contributed by atoms with Crippen molar-refractivity contribution in [2.45, 2.75) is 19.1 Å². The third-order valence-corrected chi connectivity index (χ3v) is 5.52. The third kappa shape index (κ3) is 6.32. The number of alkyl halides is 3. The minimum atomic E-state index is -4.40. The van der Waals surface area contributed by atoms with Crippen LogP contribution in [0.5, 0.6) is 5.75 Å². The fourth-order valence-electron chi connectivity index (χ4n) is 3.80. The number of halogens is 3. The fourth-order valence-corrected chi connectivity index (χ4v) is 3.80. The zero-order valence-electron chi connectivity index (χ0n) is 18.8. The summed E-state index contributed by atoms with van der Waals surface area (Å²) >= 11 is 0. The van der Waals surface area contributed by atoms with Gasteiger partial charge in [-0.2, -0.15) is 13.2 Å². The molecule has 35 heavy (non-hydrogen) atoms. The van der Waals surface area contributed by atoms with Crippen molar-refractivity contribution < 1.29 is 27.5 Å². The Kier molecular flexibility index (Phi) is 7.24. The molecule has 0 saturated carbocycles. The maximum atomic E-state index is 13.1. The van der Waals surface area contributed by atoms with E-state index in [1.54, 1.807) is 46.2 Å². The maximum absolute atomic E-state index is 13.1. The lowest BCUT2D eigenvalue weighted by atomic mass is 10.1. The summed E-state index contributed by atoms with van der Waals surface area (Å²) in [6, 6.07) is 20.5. The summed E-state index contributed by atoms with van der Waals surface area (Å²) in [5.74, 6) is 0.253. The molecular weight excluding hydrogens is 459 g/mol. The van der Waals surface area contributed by atoms with Gasteiger partial charge >= 0.3 is 12.2 Å². The quantitative estimate of drug-likeness (QED) is 0.479. The number of anilines is 2. The van der Waals surface area contributed by atoms with Crippen molar-refractivity contribution in [2.24, 2.45) is 0 Å². The lowest BCUT2D eigenvalue weighted by Crippen LogP contribution is -2.49. The summed E-state index contributed by atoms with van der Waals surface area (Å²) in [5.41, 5.74) is 1.04. The van der Waals surface area contributed by atoms with E-state index >= 15 is 0 Å². The van der Waals surface area contributed by atoms with E-state index < -0.39 is 11.7 Å². The molecule has 1 heterocycles. The van der Waals surface area contributed by atoms with Crippen LogP contribution in [0, 0.1) is 0 Å². The molecule has 3 aromatic carbocycles. The van der Waals surface area contributed by atoms with E-state index in [4.69, 9.17) is 4.74 Å². The highest BCUT2D eigenvalue weighted by atomic mass is 19.4. The van der Waals surface area contributed by atoms with Gasteiger partial charge in [0.05, 0.1) is 5.56 Å². The molecule has 1 aliphatic heterocycles. The van der Waals surface area contributed by atoms with Crippen LogP contribution in [0.1, 0.15) is 17.5 Å². The number of benzene rings is 3. The van der Waals surface area contributed by atoms with Gasteiger partial charge in [-0.05, 0) is 54.4 Å². The van der Waals surface area contributed by atoms with Gasteiger partial charge in [0.1, 0.15) is 5.75 Å². The molecule has 0 radical (unpaired) electrons. The molecule has 6 nitrogen and oxygen atoms in total. The third-order valence-electron chi connectivity index (χ3n) is 5.52. The van der Waals surface area contributed by atoms with Gasteiger partial charge in [0, 0.05) is 31.0 Å². The Morgan fingerprint density at radius 1 is 0.943 bits per heavy atom. The van der Waals surface area contributed by atoms with Crippen molar-refractivity contribution in [1.29, 1.82) is 0 Å². The molecule has 0 spiro atoms. The molecule has 1 fully saturated rings. The number of urea groups is 1. The highest BCUT2D eigenvalue weighted by Crippen LogP contribution is 2.30. The molecular formula is C26H24F3N3O3. The lowest BCUT2D eigenvalue weighted by molar-refractivity contribution is -0.137.